The number of nitrogens with one attached hydrogen (secondary N) is 1. The van der Waals surface area contributed by atoms with Crippen LogP contribution in [0.15, 0.2) is 24.3 Å². The number of rotatable bonds is 6. The van der Waals surface area contributed by atoms with Gasteiger partial charge in [-0.3, -0.25) is 0 Å². The predicted molar refractivity (Wildman–Crippen MR) is 66.9 cm³/mol. The number of ether oxygens (including phenoxy) is 1. The summed E-state index contributed by atoms with van der Waals surface area (Å²) in [6.45, 7) is 0.484. The zero-order chi connectivity index (χ0) is 12.8. The van der Waals surface area contributed by atoms with E-state index in [0.29, 0.717) is 19.2 Å². The van der Waals surface area contributed by atoms with Gasteiger partial charge < -0.3 is 10.1 Å². The second kappa shape index (κ2) is 6.81. The molecule has 0 saturated carbocycles. The molecule has 0 heterocycles. The van der Waals surface area contributed by atoms with Gasteiger partial charge >= 0.3 is 0 Å². The molecule has 0 saturated heterocycles. The molecule has 0 bridgehead atoms. The van der Waals surface area contributed by atoms with Gasteiger partial charge in [0.2, 0.25) is 0 Å². The minimum atomic E-state index is -2.37. The average Bonchev–Trinajstić information content (AvgIpc) is 2.38. The van der Waals surface area contributed by atoms with Crippen molar-refractivity contribution in [1.29, 1.82) is 0 Å². The smallest absolute Gasteiger partial charge is 0.261 e. The first kappa shape index (κ1) is 13.4. The molecule has 100 valence electrons. The summed E-state index contributed by atoms with van der Waals surface area (Å²) in [7, 11) is 0. The van der Waals surface area contributed by atoms with Crippen LogP contribution in [0, 0.1) is 0 Å². The summed E-state index contributed by atoms with van der Waals surface area (Å²) in [5.74, 6) is 0. The Morgan fingerprint density at radius 1 is 1.33 bits per heavy atom. The van der Waals surface area contributed by atoms with Crippen LogP contribution in [-0.2, 0) is 11.2 Å². The van der Waals surface area contributed by atoms with E-state index in [-0.39, 0.29) is 0 Å². The van der Waals surface area contributed by atoms with Gasteiger partial charge in [0.15, 0.2) is 0 Å². The molecule has 1 N–H and O–H groups in total. The van der Waals surface area contributed by atoms with Crippen LogP contribution >= 0.6 is 0 Å². The maximum absolute atomic E-state index is 11.9. The summed E-state index contributed by atoms with van der Waals surface area (Å²) >= 11 is 0. The molecule has 2 rings (SSSR count). The Balaban J connectivity index is 1.77. The molecule has 18 heavy (non-hydrogen) atoms. The molecule has 4 heteroatoms. The molecule has 2 nitrogen and oxygen atoms in total. The Morgan fingerprint density at radius 3 is 3.00 bits per heavy atom. The van der Waals surface area contributed by atoms with Crippen LogP contribution in [0.1, 0.15) is 30.0 Å². The molecule has 0 aromatic heterocycles. The maximum atomic E-state index is 11.9. The van der Waals surface area contributed by atoms with Crippen LogP contribution in [0.2, 0.25) is 0 Å². The molecular weight excluding hydrogens is 236 g/mol. The van der Waals surface area contributed by atoms with Gasteiger partial charge in [-0.2, -0.15) is 0 Å². The molecule has 1 aliphatic carbocycles. The fourth-order valence-corrected chi connectivity index (χ4v) is 2.44. The highest BCUT2D eigenvalue weighted by molar-refractivity contribution is 5.32. The van der Waals surface area contributed by atoms with E-state index >= 15 is 0 Å². The number of halogens is 2. The standard InChI is InChI=1S/C14H19F2NO/c15-14(16)10-18-9-8-17-13-7-3-5-11-4-1-2-6-12(11)13/h1-2,4,6,13-14,17H,3,5,7-10H2. The third-order valence-electron chi connectivity index (χ3n) is 3.25. The highest BCUT2D eigenvalue weighted by Crippen LogP contribution is 2.29. The lowest BCUT2D eigenvalue weighted by Crippen LogP contribution is -2.28. The zero-order valence-corrected chi connectivity index (χ0v) is 10.4. The van der Waals surface area contributed by atoms with Crippen molar-refractivity contribution in [1.82, 2.24) is 5.32 Å². The Kier molecular flexibility index (Phi) is 5.08. The molecule has 0 fully saturated rings. The number of hydrogen-bond donors (Lipinski definition) is 1. The van der Waals surface area contributed by atoms with E-state index in [1.165, 1.54) is 17.5 Å². The maximum Gasteiger partial charge on any atom is 0.261 e. The van der Waals surface area contributed by atoms with E-state index < -0.39 is 13.0 Å². The van der Waals surface area contributed by atoms with Crippen molar-refractivity contribution in [2.75, 3.05) is 19.8 Å². The van der Waals surface area contributed by atoms with E-state index in [4.69, 9.17) is 4.74 Å². The lowest BCUT2D eigenvalue weighted by Gasteiger charge is -2.26. The first-order valence-electron chi connectivity index (χ1n) is 6.44. The Labute approximate surface area is 106 Å². The minimum absolute atomic E-state index is 0.336. The van der Waals surface area contributed by atoms with Crippen molar-refractivity contribution in [3.63, 3.8) is 0 Å². The number of alkyl halides is 2. The van der Waals surface area contributed by atoms with Crippen LogP contribution in [0.5, 0.6) is 0 Å². The zero-order valence-electron chi connectivity index (χ0n) is 10.4. The van der Waals surface area contributed by atoms with Crippen LogP contribution in [0.4, 0.5) is 8.78 Å². The van der Waals surface area contributed by atoms with Crippen LogP contribution in [0.3, 0.4) is 0 Å². The monoisotopic (exact) mass is 255 g/mol. The van der Waals surface area contributed by atoms with Crippen molar-refractivity contribution in [2.45, 2.75) is 31.7 Å². The number of hydrogen-bond acceptors (Lipinski definition) is 2. The molecular formula is C14H19F2NO. The predicted octanol–water partition coefficient (Wildman–Crippen LogP) is 2.94. The van der Waals surface area contributed by atoms with E-state index in [0.717, 1.165) is 12.8 Å². The first-order chi connectivity index (χ1) is 8.77. The summed E-state index contributed by atoms with van der Waals surface area (Å²) in [5, 5.41) is 3.38. The lowest BCUT2D eigenvalue weighted by atomic mass is 9.88. The number of fused-ring (bicyclic) bond motifs is 1. The fraction of sp³-hybridized carbons (Fsp3) is 0.571. The van der Waals surface area contributed by atoms with Gasteiger partial charge in [0, 0.05) is 12.6 Å². The number of aryl methyl sites for hydroxylation is 1. The quantitative estimate of drug-likeness (QED) is 0.789. The minimum Gasteiger partial charge on any atom is -0.374 e. The highest BCUT2D eigenvalue weighted by Gasteiger charge is 2.18. The molecule has 1 aliphatic rings. The number of benzene rings is 1. The third-order valence-corrected chi connectivity index (χ3v) is 3.25. The van der Waals surface area contributed by atoms with E-state index in [9.17, 15) is 8.78 Å². The summed E-state index contributed by atoms with van der Waals surface area (Å²) in [4.78, 5) is 0. The first-order valence-corrected chi connectivity index (χ1v) is 6.44. The summed E-state index contributed by atoms with van der Waals surface area (Å²) < 4.78 is 28.6. The van der Waals surface area contributed by atoms with Gasteiger partial charge in [-0.05, 0) is 30.4 Å². The molecule has 0 aliphatic heterocycles. The molecule has 0 amide bonds. The second-order valence-corrected chi connectivity index (χ2v) is 4.56. The van der Waals surface area contributed by atoms with Crippen LogP contribution in [0.25, 0.3) is 0 Å². The SMILES string of the molecule is FC(F)COCCNC1CCCc2ccccc21. The van der Waals surface area contributed by atoms with Crippen molar-refractivity contribution in [3.8, 4) is 0 Å². The molecule has 1 atom stereocenters. The van der Waals surface area contributed by atoms with E-state index in [1.807, 2.05) is 6.07 Å². The van der Waals surface area contributed by atoms with E-state index in [1.54, 1.807) is 0 Å². The Hall–Kier alpha value is -1.00. The highest BCUT2D eigenvalue weighted by atomic mass is 19.3. The van der Waals surface area contributed by atoms with Crippen molar-refractivity contribution < 1.29 is 13.5 Å². The lowest BCUT2D eigenvalue weighted by molar-refractivity contribution is 0.0181. The molecule has 1 unspecified atom stereocenters. The normalized spacial score (nSPS) is 18.9. The van der Waals surface area contributed by atoms with Gasteiger partial charge in [-0.15, -0.1) is 0 Å². The fourth-order valence-electron chi connectivity index (χ4n) is 2.44. The van der Waals surface area contributed by atoms with Crippen molar-refractivity contribution >= 4 is 0 Å². The molecule has 1 aromatic carbocycles. The molecule has 0 radical (unpaired) electrons. The van der Waals surface area contributed by atoms with Gasteiger partial charge in [0.25, 0.3) is 6.43 Å². The summed E-state index contributed by atoms with van der Waals surface area (Å²) in [5.41, 5.74) is 2.74. The second-order valence-electron chi connectivity index (χ2n) is 4.56. The largest absolute Gasteiger partial charge is 0.374 e. The third kappa shape index (κ3) is 3.75. The van der Waals surface area contributed by atoms with Crippen molar-refractivity contribution in [3.05, 3.63) is 35.4 Å². The Bertz CT molecular complexity index is 371. The summed E-state index contributed by atoms with van der Waals surface area (Å²) in [6, 6.07) is 8.76. The van der Waals surface area contributed by atoms with Gasteiger partial charge in [0.1, 0.15) is 6.61 Å². The Morgan fingerprint density at radius 2 is 2.17 bits per heavy atom. The molecule has 0 spiro atoms. The van der Waals surface area contributed by atoms with Gasteiger partial charge in [0.05, 0.1) is 6.61 Å². The van der Waals surface area contributed by atoms with Gasteiger partial charge in [-0.1, -0.05) is 24.3 Å². The van der Waals surface area contributed by atoms with Crippen molar-refractivity contribution in [2.24, 2.45) is 0 Å². The van der Waals surface area contributed by atoms with Gasteiger partial charge in [-0.25, -0.2) is 8.78 Å². The van der Waals surface area contributed by atoms with Crippen LogP contribution < -0.4 is 5.32 Å². The molecule has 1 aromatic rings. The van der Waals surface area contributed by atoms with E-state index in [2.05, 4.69) is 23.5 Å². The van der Waals surface area contributed by atoms with Crippen LogP contribution in [-0.4, -0.2) is 26.2 Å². The average molecular weight is 255 g/mol. The summed E-state index contributed by atoms with van der Waals surface area (Å²) in [6.07, 6.45) is 1.04. The topological polar surface area (TPSA) is 21.3 Å².